The van der Waals surface area contributed by atoms with Crippen LogP contribution in [0.15, 0.2) is 69.9 Å². The van der Waals surface area contributed by atoms with Gasteiger partial charge in [-0.05, 0) is 48.2 Å². The van der Waals surface area contributed by atoms with Crippen LogP contribution in [0.5, 0.6) is 0 Å². The minimum Gasteiger partial charge on any atom is -0.267 e. The molecule has 29 heavy (non-hydrogen) atoms. The van der Waals surface area contributed by atoms with Crippen LogP contribution in [0.25, 0.3) is 22.3 Å². The second kappa shape index (κ2) is 7.29. The zero-order valence-electron chi connectivity index (χ0n) is 15.1. The van der Waals surface area contributed by atoms with Gasteiger partial charge in [0.15, 0.2) is 5.82 Å². The van der Waals surface area contributed by atoms with Crippen molar-refractivity contribution in [2.24, 2.45) is 5.10 Å². The molecule has 4 rings (SSSR count). The van der Waals surface area contributed by atoms with Gasteiger partial charge in [0.25, 0.3) is 5.56 Å². The van der Waals surface area contributed by atoms with Crippen LogP contribution in [-0.2, 0) is 6.18 Å². The lowest BCUT2D eigenvalue weighted by molar-refractivity contribution is -0.137. The lowest BCUT2D eigenvalue weighted by Crippen LogP contribution is -2.20. The summed E-state index contributed by atoms with van der Waals surface area (Å²) in [5, 5.41) is 6.50. The Morgan fingerprint density at radius 2 is 1.90 bits per heavy atom. The first kappa shape index (κ1) is 19.1. The number of halogens is 3. The van der Waals surface area contributed by atoms with Crippen LogP contribution in [-0.4, -0.2) is 15.9 Å². The Balaban J connectivity index is 1.96. The number of aryl methyl sites for hydroxylation is 1. The Kier molecular flexibility index (Phi) is 4.79. The van der Waals surface area contributed by atoms with Crippen LogP contribution >= 0.6 is 11.3 Å². The van der Waals surface area contributed by atoms with Crippen molar-refractivity contribution in [3.05, 3.63) is 86.3 Å². The summed E-state index contributed by atoms with van der Waals surface area (Å²) in [5.41, 5.74) is 0.267. The van der Waals surface area contributed by atoms with E-state index >= 15 is 0 Å². The molecule has 0 fully saturated rings. The third kappa shape index (κ3) is 3.71. The summed E-state index contributed by atoms with van der Waals surface area (Å²) in [6.07, 6.45) is -2.98. The average molecular weight is 413 g/mol. The lowest BCUT2D eigenvalue weighted by Gasteiger charge is -2.12. The van der Waals surface area contributed by atoms with E-state index in [4.69, 9.17) is 0 Å². The van der Waals surface area contributed by atoms with Crippen LogP contribution in [0.1, 0.15) is 16.0 Å². The monoisotopic (exact) mass is 413 g/mol. The van der Waals surface area contributed by atoms with Crippen molar-refractivity contribution < 1.29 is 13.2 Å². The van der Waals surface area contributed by atoms with Crippen molar-refractivity contribution >= 4 is 28.5 Å². The number of nitrogens with zero attached hydrogens (tertiary/aromatic N) is 3. The molecule has 2 aromatic heterocycles. The second-order valence-corrected chi connectivity index (χ2v) is 7.31. The van der Waals surface area contributed by atoms with Gasteiger partial charge >= 0.3 is 6.18 Å². The van der Waals surface area contributed by atoms with Crippen LogP contribution in [0, 0.1) is 6.92 Å². The van der Waals surface area contributed by atoms with Crippen LogP contribution in [0.3, 0.4) is 0 Å². The molecule has 0 aliphatic carbocycles. The maximum Gasteiger partial charge on any atom is 0.416 e. The quantitative estimate of drug-likeness (QED) is 0.426. The molecule has 0 unspecified atom stereocenters. The molecule has 0 amide bonds. The highest BCUT2D eigenvalue weighted by atomic mass is 32.1. The highest BCUT2D eigenvalue weighted by molar-refractivity contribution is 7.11. The van der Waals surface area contributed by atoms with Crippen molar-refractivity contribution in [1.29, 1.82) is 0 Å². The molecule has 8 heteroatoms. The van der Waals surface area contributed by atoms with E-state index in [0.29, 0.717) is 10.9 Å². The molecule has 0 aliphatic heterocycles. The number of rotatable bonds is 3. The SMILES string of the molecule is Cc1ccsc1C=Nn1c(-c2cccc(C(F)(F)F)c2)nc2ccccc2c1=O. The molecule has 4 nitrogen and oxygen atoms in total. The van der Waals surface area contributed by atoms with E-state index in [1.165, 1.54) is 29.7 Å². The van der Waals surface area contributed by atoms with Gasteiger partial charge in [-0.3, -0.25) is 4.79 Å². The fraction of sp³-hybridized carbons (Fsp3) is 0.0952. The van der Waals surface area contributed by atoms with Gasteiger partial charge in [-0.1, -0.05) is 24.3 Å². The standard InChI is InChI=1S/C21H14F3N3OS/c1-13-9-10-29-18(13)12-25-27-19(14-5-4-6-15(11-14)21(22,23)24)26-17-8-3-2-7-16(17)20(27)28/h2-12H,1H3. The Morgan fingerprint density at radius 3 is 2.62 bits per heavy atom. The van der Waals surface area contributed by atoms with Crippen molar-refractivity contribution in [2.45, 2.75) is 13.1 Å². The van der Waals surface area contributed by atoms with Crippen LogP contribution in [0.4, 0.5) is 13.2 Å². The molecule has 2 heterocycles. The molecule has 0 radical (unpaired) electrons. The fourth-order valence-electron chi connectivity index (χ4n) is 2.88. The summed E-state index contributed by atoms with van der Waals surface area (Å²) in [4.78, 5) is 18.3. The van der Waals surface area contributed by atoms with Gasteiger partial charge in [-0.25, -0.2) is 4.98 Å². The van der Waals surface area contributed by atoms with Crippen molar-refractivity contribution in [2.75, 3.05) is 0 Å². The Morgan fingerprint density at radius 1 is 1.10 bits per heavy atom. The summed E-state index contributed by atoms with van der Waals surface area (Å²) in [7, 11) is 0. The minimum absolute atomic E-state index is 0.0465. The number of thiophene rings is 1. The predicted molar refractivity (Wildman–Crippen MR) is 108 cm³/mol. The Labute approximate surface area is 167 Å². The minimum atomic E-state index is -4.50. The van der Waals surface area contributed by atoms with E-state index < -0.39 is 17.3 Å². The number of para-hydroxylation sites is 1. The van der Waals surface area contributed by atoms with Gasteiger partial charge in [-0.15, -0.1) is 11.3 Å². The molecular formula is C21H14F3N3OS. The Bertz CT molecular complexity index is 1290. The lowest BCUT2D eigenvalue weighted by atomic mass is 10.1. The second-order valence-electron chi connectivity index (χ2n) is 6.36. The number of aromatic nitrogens is 2. The van der Waals surface area contributed by atoms with E-state index in [1.807, 2.05) is 18.4 Å². The third-order valence-corrected chi connectivity index (χ3v) is 5.35. The first-order valence-corrected chi connectivity index (χ1v) is 9.50. The average Bonchev–Trinajstić information content (AvgIpc) is 3.11. The molecule has 4 aromatic rings. The molecule has 0 N–H and O–H groups in total. The summed E-state index contributed by atoms with van der Waals surface area (Å²) in [6.45, 7) is 1.91. The number of benzene rings is 2. The van der Waals surface area contributed by atoms with E-state index in [-0.39, 0.29) is 11.4 Å². The number of alkyl halides is 3. The molecule has 146 valence electrons. The number of hydrogen-bond donors (Lipinski definition) is 0. The first-order valence-electron chi connectivity index (χ1n) is 8.62. The molecule has 0 spiro atoms. The summed E-state index contributed by atoms with van der Waals surface area (Å²) in [5.74, 6) is 0.0465. The summed E-state index contributed by atoms with van der Waals surface area (Å²) in [6, 6.07) is 13.3. The molecule has 0 atom stereocenters. The fourth-order valence-corrected chi connectivity index (χ4v) is 3.66. The van der Waals surface area contributed by atoms with E-state index in [0.717, 1.165) is 27.2 Å². The van der Waals surface area contributed by atoms with E-state index in [2.05, 4.69) is 10.1 Å². The van der Waals surface area contributed by atoms with Gasteiger partial charge < -0.3 is 0 Å². The largest absolute Gasteiger partial charge is 0.416 e. The highest BCUT2D eigenvalue weighted by Gasteiger charge is 2.30. The van der Waals surface area contributed by atoms with Crippen molar-refractivity contribution in [3.63, 3.8) is 0 Å². The van der Waals surface area contributed by atoms with Gasteiger partial charge in [0.1, 0.15) is 0 Å². The normalized spacial score (nSPS) is 12.1. The van der Waals surface area contributed by atoms with Gasteiger partial charge in [0.05, 0.1) is 27.6 Å². The molecule has 2 aromatic carbocycles. The maximum absolute atomic E-state index is 13.2. The van der Waals surface area contributed by atoms with Gasteiger partial charge in [-0.2, -0.15) is 22.9 Å². The summed E-state index contributed by atoms with van der Waals surface area (Å²) >= 11 is 1.45. The van der Waals surface area contributed by atoms with E-state index in [1.54, 1.807) is 24.3 Å². The smallest absolute Gasteiger partial charge is 0.267 e. The molecule has 0 bridgehead atoms. The zero-order chi connectivity index (χ0) is 20.6. The van der Waals surface area contributed by atoms with Gasteiger partial charge in [0, 0.05) is 5.56 Å². The Hall–Kier alpha value is -3.26. The number of fused-ring (bicyclic) bond motifs is 1. The predicted octanol–water partition coefficient (Wildman–Crippen LogP) is 5.33. The van der Waals surface area contributed by atoms with Gasteiger partial charge in [0.2, 0.25) is 0 Å². The maximum atomic E-state index is 13.2. The molecule has 0 saturated heterocycles. The third-order valence-electron chi connectivity index (χ3n) is 4.39. The summed E-state index contributed by atoms with van der Waals surface area (Å²) < 4.78 is 40.6. The molecular weight excluding hydrogens is 399 g/mol. The molecule has 0 saturated carbocycles. The molecule has 0 aliphatic rings. The van der Waals surface area contributed by atoms with Crippen molar-refractivity contribution in [3.8, 4) is 11.4 Å². The zero-order valence-corrected chi connectivity index (χ0v) is 16.0. The number of hydrogen-bond acceptors (Lipinski definition) is 4. The van der Waals surface area contributed by atoms with Crippen LogP contribution < -0.4 is 5.56 Å². The van der Waals surface area contributed by atoms with E-state index in [9.17, 15) is 18.0 Å². The topological polar surface area (TPSA) is 47.2 Å². The highest BCUT2D eigenvalue weighted by Crippen LogP contribution is 2.31. The van der Waals surface area contributed by atoms with Crippen LogP contribution in [0.2, 0.25) is 0 Å². The first-order chi connectivity index (χ1) is 13.8. The van der Waals surface area contributed by atoms with Crippen molar-refractivity contribution in [1.82, 2.24) is 9.66 Å².